The number of nitrogens with one attached hydrogen (secondary N) is 3. The number of thiophene rings is 1. The van der Waals surface area contributed by atoms with Crippen molar-refractivity contribution in [1.82, 2.24) is 25.4 Å². The zero-order valence-electron chi connectivity index (χ0n) is 31.2. The first kappa shape index (κ1) is 36.2. The topological polar surface area (TPSA) is 130 Å². The van der Waals surface area contributed by atoms with E-state index in [0.29, 0.717) is 34.2 Å². The molecule has 55 heavy (non-hydrogen) atoms. The molecule has 6 heterocycles. The third kappa shape index (κ3) is 6.99. The number of hydrogen-bond acceptors (Lipinski definition) is 9. The molecule has 12 nitrogen and oxygen atoms in total. The number of carbonyl (C=O) groups excluding carboxylic acids is 4. The molecule has 4 aliphatic heterocycles. The lowest BCUT2D eigenvalue weighted by Gasteiger charge is -2.47. The second-order valence-corrected chi connectivity index (χ2v) is 17.6. The smallest absolute Gasteiger partial charge is 0.328 e. The van der Waals surface area contributed by atoms with Crippen LogP contribution in [0.25, 0.3) is 21.0 Å². The van der Waals surface area contributed by atoms with Crippen molar-refractivity contribution in [1.29, 1.82) is 0 Å². The number of amides is 5. The molecule has 5 amide bonds. The Bertz CT molecular complexity index is 2180. The molecule has 1 aliphatic carbocycles. The number of likely N-dealkylation sites (tertiary alicyclic amines) is 1. The normalized spacial score (nSPS) is 22.4. The van der Waals surface area contributed by atoms with Gasteiger partial charge in [0, 0.05) is 92.4 Å². The number of halogens is 1. The second-order valence-electron chi connectivity index (χ2n) is 16.2. The lowest BCUT2D eigenvalue weighted by atomic mass is 9.65. The van der Waals surface area contributed by atoms with E-state index >= 15 is 0 Å². The van der Waals surface area contributed by atoms with Crippen molar-refractivity contribution in [3.63, 3.8) is 0 Å². The number of benzene rings is 2. The largest absolute Gasteiger partial charge is 0.381 e. The zero-order valence-corrected chi connectivity index (χ0v) is 32.7. The molecule has 3 saturated heterocycles. The van der Waals surface area contributed by atoms with E-state index in [1.54, 1.807) is 29.5 Å². The predicted molar refractivity (Wildman–Crippen MR) is 218 cm³/mol. The van der Waals surface area contributed by atoms with Crippen LogP contribution in [-0.4, -0.2) is 103 Å². The summed E-state index contributed by atoms with van der Waals surface area (Å²) in [5, 5.41) is 11.5. The number of rotatable bonds is 5. The number of carbonyl (C=O) groups is 4. The quantitative estimate of drug-likeness (QED) is 0.214. The molecule has 1 atom stereocenters. The van der Waals surface area contributed by atoms with Crippen LogP contribution in [0.1, 0.15) is 71.9 Å². The molecule has 2 aromatic heterocycles. The number of piperidine rings is 1. The molecular weight excluding hydrogens is 736 g/mol. The van der Waals surface area contributed by atoms with Crippen molar-refractivity contribution in [2.75, 3.05) is 74.0 Å². The first-order chi connectivity index (χ1) is 26.6. The summed E-state index contributed by atoms with van der Waals surface area (Å²) in [5.41, 5.74) is 3.17. The molecule has 4 fully saturated rings. The zero-order chi connectivity index (χ0) is 37.8. The molecule has 4 aromatic rings. The van der Waals surface area contributed by atoms with Crippen molar-refractivity contribution >= 4 is 84.9 Å². The van der Waals surface area contributed by atoms with Gasteiger partial charge in [0.15, 0.2) is 0 Å². The Morgan fingerprint density at radius 2 is 1.73 bits per heavy atom. The van der Waals surface area contributed by atoms with Gasteiger partial charge in [0.25, 0.3) is 11.8 Å². The van der Waals surface area contributed by atoms with Crippen LogP contribution in [-0.2, 0) is 4.79 Å². The first-order valence-electron chi connectivity index (χ1n) is 19.7. The van der Waals surface area contributed by atoms with Gasteiger partial charge in [-0.3, -0.25) is 29.5 Å². The summed E-state index contributed by atoms with van der Waals surface area (Å²) < 4.78 is 1.10. The Kier molecular flexibility index (Phi) is 9.58. The highest BCUT2D eigenvalue weighted by Crippen LogP contribution is 2.47. The highest BCUT2D eigenvalue weighted by Gasteiger charge is 2.40. The standard InChI is InChI=1S/C41H47ClN8O4S/c1-25-23-43-36-35-28-3-7-33(45-30(28)5-6-32(35)55-37(36)38(52)44-25)48-20-18-47(19-21-48)24-26-8-11-41(12-9-26)13-16-49(17-14-41)39(53)27-2-4-29(42)31(22-27)50-15-10-34(51)46-40(50)54/h2-7,22,25-26,43H,8-21,23-24H2,1H3,(H,44,52)(H,46,51,54)/t25-/m1/s1. The van der Waals surface area contributed by atoms with Gasteiger partial charge in [-0.1, -0.05) is 11.6 Å². The van der Waals surface area contributed by atoms with Gasteiger partial charge in [0.1, 0.15) is 10.7 Å². The van der Waals surface area contributed by atoms with Crippen LogP contribution < -0.4 is 25.8 Å². The SMILES string of the molecule is C[C@@H]1CNc2c(sc3ccc4nc(N5CCN(CC6CCC7(CC6)CCN(C(=O)c6ccc(Cl)c(N8CCC(=O)NC8=O)c6)CC7)CC5)ccc4c23)C(=O)N1. The van der Waals surface area contributed by atoms with Crippen LogP contribution in [0.15, 0.2) is 42.5 Å². The fraction of sp³-hybridized carbons (Fsp3) is 0.488. The Morgan fingerprint density at radius 1 is 0.945 bits per heavy atom. The predicted octanol–water partition coefficient (Wildman–Crippen LogP) is 6.33. The third-order valence-electron chi connectivity index (χ3n) is 12.7. The number of pyridine rings is 1. The highest BCUT2D eigenvalue weighted by molar-refractivity contribution is 7.21. The van der Waals surface area contributed by atoms with Gasteiger partial charge < -0.3 is 20.4 Å². The summed E-state index contributed by atoms with van der Waals surface area (Å²) in [5.74, 6) is 1.36. The van der Waals surface area contributed by atoms with Gasteiger partial charge in [-0.25, -0.2) is 9.78 Å². The molecule has 1 spiro atoms. The summed E-state index contributed by atoms with van der Waals surface area (Å²) in [6, 6.07) is 13.1. The maximum absolute atomic E-state index is 13.6. The fourth-order valence-corrected chi connectivity index (χ4v) is 10.7. The van der Waals surface area contributed by atoms with Crippen molar-refractivity contribution in [3.8, 4) is 0 Å². The third-order valence-corrected chi connectivity index (χ3v) is 14.2. The van der Waals surface area contributed by atoms with Crippen LogP contribution in [0.3, 0.4) is 0 Å². The van der Waals surface area contributed by atoms with Crippen molar-refractivity contribution in [2.24, 2.45) is 11.3 Å². The van der Waals surface area contributed by atoms with E-state index in [9.17, 15) is 19.2 Å². The van der Waals surface area contributed by atoms with Crippen molar-refractivity contribution in [3.05, 3.63) is 57.9 Å². The van der Waals surface area contributed by atoms with E-state index in [-0.39, 0.29) is 36.7 Å². The number of anilines is 3. The van der Waals surface area contributed by atoms with Crippen LogP contribution in [0.2, 0.25) is 5.02 Å². The second kappa shape index (κ2) is 14.6. The van der Waals surface area contributed by atoms with E-state index in [4.69, 9.17) is 16.6 Å². The molecule has 288 valence electrons. The van der Waals surface area contributed by atoms with Crippen LogP contribution >= 0.6 is 22.9 Å². The molecule has 0 unspecified atom stereocenters. The van der Waals surface area contributed by atoms with Gasteiger partial charge in [-0.05, 0) is 99.2 Å². The minimum Gasteiger partial charge on any atom is -0.381 e. The van der Waals surface area contributed by atoms with E-state index in [1.165, 1.54) is 30.6 Å². The molecule has 0 radical (unpaired) electrons. The van der Waals surface area contributed by atoms with Gasteiger partial charge in [-0.2, -0.15) is 0 Å². The Labute approximate surface area is 329 Å². The minimum atomic E-state index is -0.514. The lowest BCUT2D eigenvalue weighted by molar-refractivity contribution is -0.120. The highest BCUT2D eigenvalue weighted by atomic mass is 35.5. The number of aromatic nitrogens is 1. The average Bonchev–Trinajstić information content (AvgIpc) is 3.51. The minimum absolute atomic E-state index is 0.00849. The van der Waals surface area contributed by atoms with Crippen LogP contribution in [0.4, 0.5) is 22.0 Å². The first-order valence-corrected chi connectivity index (χ1v) is 20.9. The van der Waals surface area contributed by atoms with Crippen molar-refractivity contribution < 1.29 is 19.2 Å². The number of hydrogen-bond donors (Lipinski definition) is 3. The number of piperazine rings is 1. The average molecular weight is 783 g/mol. The lowest BCUT2D eigenvalue weighted by Crippen LogP contribution is -2.50. The summed E-state index contributed by atoms with van der Waals surface area (Å²) in [6.07, 6.45) is 7.13. The molecule has 0 bridgehead atoms. The summed E-state index contributed by atoms with van der Waals surface area (Å²) >= 11 is 7.97. The molecule has 2 aromatic carbocycles. The molecule has 1 saturated carbocycles. The molecule has 5 aliphatic rings. The summed E-state index contributed by atoms with van der Waals surface area (Å²) in [4.78, 5) is 64.8. The molecular formula is C41H47ClN8O4S. The van der Waals surface area contributed by atoms with Gasteiger partial charge in [-0.15, -0.1) is 11.3 Å². The maximum atomic E-state index is 13.6. The number of urea groups is 1. The van der Waals surface area contributed by atoms with Crippen molar-refractivity contribution in [2.45, 2.75) is 57.9 Å². The van der Waals surface area contributed by atoms with E-state index < -0.39 is 6.03 Å². The Morgan fingerprint density at radius 3 is 2.49 bits per heavy atom. The Hall–Kier alpha value is -4.46. The maximum Gasteiger partial charge on any atom is 0.328 e. The Balaban J connectivity index is 0.762. The summed E-state index contributed by atoms with van der Waals surface area (Å²) in [6.45, 7) is 9.52. The van der Waals surface area contributed by atoms with Gasteiger partial charge >= 0.3 is 6.03 Å². The van der Waals surface area contributed by atoms with Crippen LogP contribution in [0, 0.1) is 11.3 Å². The fourth-order valence-electron chi connectivity index (χ4n) is 9.40. The monoisotopic (exact) mass is 782 g/mol. The van der Waals surface area contributed by atoms with E-state index in [1.807, 2.05) is 11.8 Å². The van der Waals surface area contributed by atoms with E-state index in [2.05, 4.69) is 50.0 Å². The number of imide groups is 1. The van der Waals surface area contributed by atoms with Crippen LogP contribution in [0.5, 0.6) is 0 Å². The summed E-state index contributed by atoms with van der Waals surface area (Å²) in [7, 11) is 0. The molecule has 9 rings (SSSR count). The molecule has 14 heteroatoms. The number of nitrogens with zero attached hydrogens (tertiary/aromatic N) is 5. The molecule has 3 N–H and O–H groups in total. The van der Waals surface area contributed by atoms with E-state index in [0.717, 1.165) is 96.0 Å². The number of fused-ring (bicyclic) bond motifs is 5. The van der Waals surface area contributed by atoms with Gasteiger partial charge in [0.2, 0.25) is 5.91 Å². The van der Waals surface area contributed by atoms with Gasteiger partial charge in [0.05, 0.1) is 21.9 Å².